The van der Waals surface area contributed by atoms with Crippen molar-refractivity contribution in [1.29, 1.82) is 0 Å². The van der Waals surface area contributed by atoms with Crippen LogP contribution in [0.3, 0.4) is 0 Å². The Morgan fingerprint density at radius 1 is 1.41 bits per heavy atom. The summed E-state index contributed by atoms with van der Waals surface area (Å²) in [6.45, 7) is 0.998. The van der Waals surface area contributed by atoms with Crippen LogP contribution >= 0.6 is 0 Å². The third-order valence-electron chi connectivity index (χ3n) is 1.74. The summed E-state index contributed by atoms with van der Waals surface area (Å²) in [5.74, 6) is -0.617. The fourth-order valence-corrected chi connectivity index (χ4v) is 1.04. The summed E-state index contributed by atoms with van der Waals surface area (Å²) in [4.78, 5) is 19.2. The molecule has 1 N–H and O–H groups in total. The number of hydrogen-bond acceptors (Lipinski definition) is 4. The maximum Gasteiger partial charge on any atom is 0.416 e. The Bertz CT molecular complexity index is 393. The molecule has 94 valence electrons. The van der Waals surface area contributed by atoms with E-state index in [1.54, 1.807) is 0 Å². The largest absolute Gasteiger partial charge is 0.416 e. The summed E-state index contributed by atoms with van der Waals surface area (Å²) < 4.78 is 37.0. The lowest BCUT2D eigenvalue weighted by molar-refractivity contribution is -0.192. The van der Waals surface area contributed by atoms with Crippen LogP contribution in [0.15, 0.2) is 24.3 Å². The number of carbonyl (C=O) groups is 1. The molecule has 0 radical (unpaired) electrons. The molecule has 0 unspecified atom stereocenters. The quantitative estimate of drug-likeness (QED) is 0.656. The summed E-state index contributed by atoms with van der Waals surface area (Å²) in [5, 5.41) is 0. The SMILES string of the molecule is CC(=O)ONOCc1cccc(C(F)(F)F)c1. The Kier molecular flexibility index (Phi) is 4.47. The average Bonchev–Trinajstić information content (AvgIpc) is 2.23. The Morgan fingerprint density at radius 3 is 2.71 bits per heavy atom. The minimum atomic E-state index is -4.39. The molecule has 0 aliphatic heterocycles. The molecule has 0 spiro atoms. The van der Waals surface area contributed by atoms with Crippen LogP contribution in [0, 0.1) is 0 Å². The van der Waals surface area contributed by atoms with Crippen molar-refractivity contribution in [2.45, 2.75) is 19.7 Å². The first-order valence-corrected chi connectivity index (χ1v) is 4.60. The lowest BCUT2D eigenvalue weighted by Crippen LogP contribution is -2.18. The van der Waals surface area contributed by atoms with Crippen molar-refractivity contribution in [2.75, 3.05) is 0 Å². The van der Waals surface area contributed by atoms with Gasteiger partial charge in [-0.25, -0.2) is 0 Å². The van der Waals surface area contributed by atoms with Gasteiger partial charge in [0.15, 0.2) is 0 Å². The number of alkyl halides is 3. The van der Waals surface area contributed by atoms with Gasteiger partial charge >= 0.3 is 12.1 Å². The molecule has 0 heterocycles. The van der Waals surface area contributed by atoms with Gasteiger partial charge in [-0.2, -0.15) is 13.2 Å². The lowest BCUT2D eigenvalue weighted by Gasteiger charge is -2.09. The van der Waals surface area contributed by atoms with Gasteiger partial charge in [0.1, 0.15) is 0 Å². The van der Waals surface area contributed by atoms with Crippen molar-refractivity contribution >= 4 is 5.97 Å². The molecule has 0 aliphatic carbocycles. The molecule has 4 nitrogen and oxygen atoms in total. The van der Waals surface area contributed by atoms with Crippen LogP contribution in [0.5, 0.6) is 0 Å². The normalized spacial score (nSPS) is 11.3. The maximum atomic E-state index is 12.3. The smallest absolute Gasteiger partial charge is 0.346 e. The maximum absolute atomic E-state index is 12.3. The molecule has 0 saturated heterocycles. The van der Waals surface area contributed by atoms with Gasteiger partial charge in [-0.15, -0.1) is 0 Å². The van der Waals surface area contributed by atoms with E-state index in [9.17, 15) is 18.0 Å². The molecule has 1 rings (SSSR count). The molecule has 0 fully saturated rings. The highest BCUT2D eigenvalue weighted by atomic mass is 19.4. The van der Waals surface area contributed by atoms with Crippen LogP contribution in [0.2, 0.25) is 0 Å². The summed E-state index contributed by atoms with van der Waals surface area (Å²) in [5.41, 5.74) is 1.41. The first-order chi connectivity index (χ1) is 7.89. The third kappa shape index (κ3) is 4.83. The van der Waals surface area contributed by atoms with Gasteiger partial charge in [0.2, 0.25) is 0 Å². The fourth-order valence-electron chi connectivity index (χ4n) is 1.04. The second-order valence-corrected chi connectivity index (χ2v) is 3.16. The second kappa shape index (κ2) is 5.65. The number of nitrogens with one attached hydrogen (secondary N) is 1. The summed E-state index contributed by atoms with van der Waals surface area (Å²) in [7, 11) is 0. The number of rotatable bonds is 4. The molecule has 0 aliphatic rings. The molecule has 17 heavy (non-hydrogen) atoms. The Morgan fingerprint density at radius 2 is 2.12 bits per heavy atom. The minimum Gasteiger partial charge on any atom is -0.346 e. The highest BCUT2D eigenvalue weighted by Gasteiger charge is 2.30. The van der Waals surface area contributed by atoms with Gasteiger partial charge in [-0.1, -0.05) is 12.1 Å². The van der Waals surface area contributed by atoms with E-state index in [4.69, 9.17) is 0 Å². The number of benzene rings is 1. The monoisotopic (exact) mass is 249 g/mol. The summed E-state index contributed by atoms with van der Waals surface area (Å²) in [6.07, 6.45) is -4.39. The van der Waals surface area contributed by atoms with Crippen LogP contribution in [0.4, 0.5) is 13.2 Å². The van der Waals surface area contributed by atoms with Crippen molar-refractivity contribution in [3.63, 3.8) is 0 Å². The number of carbonyl (C=O) groups excluding carboxylic acids is 1. The number of halogens is 3. The molecular formula is C10H10F3NO3. The molecule has 1 aromatic carbocycles. The molecule has 0 amide bonds. The zero-order chi connectivity index (χ0) is 12.9. The standard InChI is InChI=1S/C10H10F3NO3/c1-7(15)17-14-16-6-8-3-2-4-9(5-8)10(11,12)13/h2-5,14H,6H2,1H3. The van der Waals surface area contributed by atoms with Crippen molar-refractivity contribution in [3.8, 4) is 0 Å². The minimum absolute atomic E-state index is 0.156. The lowest BCUT2D eigenvalue weighted by atomic mass is 10.1. The second-order valence-electron chi connectivity index (χ2n) is 3.16. The van der Waals surface area contributed by atoms with Crippen molar-refractivity contribution in [1.82, 2.24) is 5.64 Å². The summed E-state index contributed by atoms with van der Waals surface area (Å²) in [6, 6.07) is 4.65. The van der Waals surface area contributed by atoms with Gasteiger partial charge < -0.3 is 4.84 Å². The molecule has 1 aromatic rings. The number of hydrogen-bond donors (Lipinski definition) is 1. The predicted molar refractivity (Wildman–Crippen MR) is 51.1 cm³/mol. The van der Waals surface area contributed by atoms with Crippen LogP contribution in [0.1, 0.15) is 18.1 Å². The van der Waals surface area contributed by atoms with E-state index >= 15 is 0 Å². The topological polar surface area (TPSA) is 47.6 Å². The first kappa shape index (κ1) is 13.5. The molecule has 0 saturated carbocycles. The van der Waals surface area contributed by atoms with E-state index in [2.05, 4.69) is 9.68 Å². The molecule has 7 heteroatoms. The van der Waals surface area contributed by atoms with E-state index < -0.39 is 17.7 Å². The van der Waals surface area contributed by atoms with Crippen molar-refractivity contribution in [3.05, 3.63) is 35.4 Å². The van der Waals surface area contributed by atoms with Crippen LogP contribution in [-0.2, 0) is 27.3 Å². The van der Waals surface area contributed by atoms with Gasteiger partial charge in [-0.05, 0) is 23.3 Å². The van der Waals surface area contributed by atoms with E-state index in [-0.39, 0.29) is 6.61 Å². The Balaban J connectivity index is 2.52. The predicted octanol–water partition coefficient (Wildman–Crippen LogP) is 2.20. The van der Waals surface area contributed by atoms with Gasteiger partial charge in [-0.3, -0.25) is 9.63 Å². The fraction of sp³-hybridized carbons (Fsp3) is 0.300. The molecule has 0 bridgehead atoms. The van der Waals surface area contributed by atoms with E-state index in [1.165, 1.54) is 12.1 Å². The zero-order valence-corrected chi connectivity index (χ0v) is 8.88. The average molecular weight is 249 g/mol. The van der Waals surface area contributed by atoms with E-state index in [0.29, 0.717) is 5.56 Å². The summed E-state index contributed by atoms with van der Waals surface area (Å²) >= 11 is 0. The molecule has 0 aromatic heterocycles. The highest BCUT2D eigenvalue weighted by molar-refractivity contribution is 5.65. The van der Waals surface area contributed by atoms with Crippen LogP contribution in [-0.4, -0.2) is 5.97 Å². The zero-order valence-electron chi connectivity index (χ0n) is 8.88. The molecule has 0 atom stereocenters. The van der Waals surface area contributed by atoms with E-state index in [1.807, 2.05) is 5.64 Å². The Labute approximate surface area is 95.2 Å². The van der Waals surface area contributed by atoms with Crippen LogP contribution < -0.4 is 5.64 Å². The van der Waals surface area contributed by atoms with E-state index in [0.717, 1.165) is 19.1 Å². The first-order valence-electron chi connectivity index (χ1n) is 4.60. The van der Waals surface area contributed by atoms with Gasteiger partial charge in [0, 0.05) is 6.92 Å². The van der Waals surface area contributed by atoms with Crippen molar-refractivity contribution < 1.29 is 27.6 Å². The van der Waals surface area contributed by atoms with Crippen LogP contribution in [0.25, 0.3) is 0 Å². The van der Waals surface area contributed by atoms with Gasteiger partial charge in [0.25, 0.3) is 0 Å². The van der Waals surface area contributed by atoms with Crippen molar-refractivity contribution in [2.24, 2.45) is 0 Å². The molecular weight excluding hydrogens is 239 g/mol. The highest BCUT2D eigenvalue weighted by Crippen LogP contribution is 2.29. The van der Waals surface area contributed by atoms with Gasteiger partial charge in [0.05, 0.1) is 12.2 Å². The Hall–Kier alpha value is -1.60. The third-order valence-corrected chi connectivity index (χ3v) is 1.74.